The van der Waals surface area contributed by atoms with E-state index in [1.807, 2.05) is 25.2 Å². The third kappa shape index (κ3) is 3.60. The number of aromatic nitrogens is 1. The zero-order valence-electron chi connectivity index (χ0n) is 11.4. The molecule has 0 spiro atoms. The summed E-state index contributed by atoms with van der Waals surface area (Å²) in [6.45, 7) is 5.74. The fraction of sp³-hybridized carbons (Fsp3) is 0.643. The Morgan fingerprint density at radius 2 is 1.94 bits per heavy atom. The van der Waals surface area contributed by atoms with Crippen molar-refractivity contribution in [3.63, 3.8) is 0 Å². The van der Waals surface area contributed by atoms with Gasteiger partial charge in [-0.2, -0.15) is 0 Å². The minimum absolute atomic E-state index is 0.574. The van der Waals surface area contributed by atoms with Gasteiger partial charge in [-0.25, -0.2) is 4.98 Å². The molecule has 1 fully saturated rings. The molecule has 1 unspecified atom stereocenters. The normalized spacial score (nSPS) is 18.3. The number of rotatable bonds is 5. The monoisotopic (exact) mass is 248 g/mol. The molecule has 1 aromatic heterocycles. The summed E-state index contributed by atoms with van der Waals surface area (Å²) in [6, 6.07) is 6.58. The van der Waals surface area contributed by atoms with Gasteiger partial charge < -0.3 is 10.6 Å². The fourth-order valence-corrected chi connectivity index (χ4v) is 2.41. The van der Waals surface area contributed by atoms with Gasteiger partial charge in [0.15, 0.2) is 0 Å². The van der Waals surface area contributed by atoms with Gasteiger partial charge >= 0.3 is 0 Å². The lowest BCUT2D eigenvalue weighted by Crippen LogP contribution is -2.41. The SMILES string of the molecule is CNc1cccc(NCC(C)N2CCCCC2)n1. The minimum atomic E-state index is 0.574. The van der Waals surface area contributed by atoms with E-state index in [-0.39, 0.29) is 0 Å². The molecule has 1 aromatic rings. The van der Waals surface area contributed by atoms with Crippen molar-refractivity contribution in [2.24, 2.45) is 0 Å². The number of nitrogens with zero attached hydrogens (tertiary/aromatic N) is 2. The van der Waals surface area contributed by atoms with Gasteiger partial charge in [0.2, 0.25) is 0 Å². The van der Waals surface area contributed by atoms with Crippen LogP contribution in [0, 0.1) is 0 Å². The molecular formula is C14H24N4. The highest BCUT2D eigenvalue weighted by Gasteiger charge is 2.16. The first-order valence-electron chi connectivity index (χ1n) is 6.92. The Balaban J connectivity index is 1.82. The zero-order valence-corrected chi connectivity index (χ0v) is 11.4. The van der Waals surface area contributed by atoms with Crippen LogP contribution in [-0.4, -0.2) is 42.6 Å². The van der Waals surface area contributed by atoms with E-state index in [2.05, 4.69) is 27.4 Å². The van der Waals surface area contributed by atoms with Gasteiger partial charge in [0.25, 0.3) is 0 Å². The van der Waals surface area contributed by atoms with E-state index in [0.29, 0.717) is 6.04 Å². The van der Waals surface area contributed by atoms with Gasteiger partial charge in [-0.3, -0.25) is 4.90 Å². The molecule has 0 bridgehead atoms. The van der Waals surface area contributed by atoms with Crippen molar-refractivity contribution >= 4 is 11.6 Å². The standard InChI is InChI=1S/C14H24N4/c1-12(18-9-4-3-5-10-18)11-16-14-8-6-7-13(15-2)17-14/h6-8,12H,3-5,9-11H2,1-2H3,(H2,15,16,17). The van der Waals surface area contributed by atoms with E-state index >= 15 is 0 Å². The van der Waals surface area contributed by atoms with Gasteiger partial charge in [-0.15, -0.1) is 0 Å². The molecule has 1 atom stereocenters. The van der Waals surface area contributed by atoms with Crippen LogP contribution in [0.3, 0.4) is 0 Å². The zero-order chi connectivity index (χ0) is 12.8. The van der Waals surface area contributed by atoms with E-state index < -0.39 is 0 Å². The lowest BCUT2D eigenvalue weighted by molar-refractivity contribution is 0.180. The number of hydrogen-bond donors (Lipinski definition) is 2. The van der Waals surface area contributed by atoms with E-state index in [9.17, 15) is 0 Å². The molecule has 1 saturated heterocycles. The second-order valence-corrected chi connectivity index (χ2v) is 4.98. The van der Waals surface area contributed by atoms with Crippen LogP contribution >= 0.6 is 0 Å². The molecule has 1 aliphatic rings. The molecule has 2 heterocycles. The van der Waals surface area contributed by atoms with Crippen LogP contribution in [0.15, 0.2) is 18.2 Å². The van der Waals surface area contributed by atoms with E-state index in [0.717, 1.165) is 18.2 Å². The highest BCUT2D eigenvalue weighted by Crippen LogP contribution is 2.13. The maximum absolute atomic E-state index is 4.47. The van der Waals surface area contributed by atoms with Crippen molar-refractivity contribution in [1.29, 1.82) is 0 Å². The molecule has 0 radical (unpaired) electrons. The molecule has 0 saturated carbocycles. The van der Waals surface area contributed by atoms with Crippen molar-refractivity contribution in [3.05, 3.63) is 18.2 Å². The number of anilines is 2. The Hall–Kier alpha value is -1.29. The second kappa shape index (κ2) is 6.59. The summed E-state index contributed by atoms with van der Waals surface area (Å²) in [6.07, 6.45) is 4.08. The number of pyridine rings is 1. The lowest BCUT2D eigenvalue weighted by atomic mass is 10.1. The van der Waals surface area contributed by atoms with Crippen molar-refractivity contribution in [2.75, 3.05) is 37.3 Å². The maximum Gasteiger partial charge on any atom is 0.128 e. The molecule has 2 rings (SSSR count). The number of hydrogen-bond acceptors (Lipinski definition) is 4. The van der Waals surface area contributed by atoms with Crippen molar-refractivity contribution in [1.82, 2.24) is 9.88 Å². The quantitative estimate of drug-likeness (QED) is 0.839. The van der Waals surface area contributed by atoms with E-state index in [4.69, 9.17) is 0 Å². The van der Waals surface area contributed by atoms with Crippen LogP contribution in [0.2, 0.25) is 0 Å². The Kier molecular flexibility index (Phi) is 4.81. The third-order valence-corrected chi connectivity index (χ3v) is 3.60. The first-order valence-corrected chi connectivity index (χ1v) is 6.92. The molecule has 2 N–H and O–H groups in total. The molecular weight excluding hydrogens is 224 g/mol. The lowest BCUT2D eigenvalue weighted by Gasteiger charge is -2.32. The molecule has 0 aliphatic carbocycles. The molecule has 0 amide bonds. The predicted molar refractivity (Wildman–Crippen MR) is 77.2 cm³/mol. The van der Waals surface area contributed by atoms with E-state index in [1.54, 1.807) is 0 Å². The first-order chi connectivity index (χ1) is 8.79. The largest absolute Gasteiger partial charge is 0.373 e. The Morgan fingerprint density at radius 3 is 2.67 bits per heavy atom. The summed E-state index contributed by atoms with van der Waals surface area (Å²) in [4.78, 5) is 7.04. The Labute approximate surface area is 110 Å². The minimum Gasteiger partial charge on any atom is -0.373 e. The number of likely N-dealkylation sites (tertiary alicyclic amines) is 1. The topological polar surface area (TPSA) is 40.2 Å². The van der Waals surface area contributed by atoms with Crippen LogP contribution in [0.5, 0.6) is 0 Å². The molecule has 100 valence electrons. The van der Waals surface area contributed by atoms with Crippen LogP contribution in [0.1, 0.15) is 26.2 Å². The summed E-state index contributed by atoms with van der Waals surface area (Å²) in [5.74, 6) is 1.86. The third-order valence-electron chi connectivity index (χ3n) is 3.60. The Bertz CT molecular complexity index is 361. The van der Waals surface area contributed by atoms with Crippen LogP contribution < -0.4 is 10.6 Å². The molecule has 4 heteroatoms. The summed E-state index contributed by atoms with van der Waals surface area (Å²) in [5.41, 5.74) is 0. The van der Waals surface area contributed by atoms with Crippen LogP contribution in [0.25, 0.3) is 0 Å². The van der Waals surface area contributed by atoms with Gasteiger partial charge in [0.05, 0.1) is 0 Å². The first kappa shape index (κ1) is 13.1. The summed E-state index contributed by atoms with van der Waals surface area (Å²) < 4.78 is 0. The number of piperidine rings is 1. The highest BCUT2D eigenvalue weighted by atomic mass is 15.2. The van der Waals surface area contributed by atoms with Gasteiger partial charge in [0, 0.05) is 19.6 Å². The molecule has 1 aliphatic heterocycles. The smallest absolute Gasteiger partial charge is 0.128 e. The van der Waals surface area contributed by atoms with Crippen LogP contribution in [-0.2, 0) is 0 Å². The van der Waals surface area contributed by atoms with Gasteiger partial charge in [0.1, 0.15) is 11.6 Å². The van der Waals surface area contributed by atoms with Crippen molar-refractivity contribution in [2.45, 2.75) is 32.2 Å². The number of nitrogens with one attached hydrogen (secondary N) is 2. The van der Waals surface area contributed by atoms with Crippen molar-refractivity contribution < 1.29 is 0 Å². The molecule has 0 aromatic carbocycles. The highest BCUT2D eigenvalue weighted by molar-refractivity contribution is 5.44. The van der Waals surface area contributed by atoms with Crippen LogP contribution in [0.4, 0.5) is 11.6 Å². The summed E-state index contributed by atoms with van der Waals surface area (Å²) in [7, 11) is 1.89. The average molecular weight is 248 g/mol. The summed E-state index contributed by atoms with van der Waals surface area (Å²) in [5, 5.41) is 6.48. The maximum atomic E-state index is 4.47. The Morgan fingerprint density at radius 1 is 1.22 bits per heavy atom. The molecule has 18 heavy (non-hydrogen) atoms. The second-order valence-electron chi connectivity index (χ2n) is 4.98. The summed E-state index contributed by atoms with van der Waals surface area (Å²) >= 11 is 0. The fourth-order valence-electron chi connectivity index (χ4n) is 2.41. The van der Waals surface area contributed by atoms with E-state index in [1.165, 1.54) is 32.4 Å². The molecule has 4 nitrogen and oxygen atoms in total. The average Bonchev–Trinajstić information content (AvgIpc) is 2.46. The van der Waals surface area contributed by atoms with Gasteiger partial charge in [-0.1, -0.05) is 12.5 Å². The van der Waals surface area contributed by atoms with Gasteiger partial charge in [-0.05, 0) is 45.0 Å². The van der Waals surface area contributed by atoms with Crippen molar-refractivity contribution in [3.8, 4) is 0 Å². The predicted octanol–water partition coefficient (Wildman–Crippen LogP) is 2.41.